The Morgan fingerprint density at radius 3 is 2.71 bits per heavy atom. The summed E-state index contributed by atoms with van der Waals surface area (Å²) in [4.78, 5) is 11.7. The largest absolute Gasteiger partial charge is 0.492 e. The Labute approximate surface area is 144 Å². The number of hydrogen-bond donors (Lipinski definition) is 2. The Kier molecular flexibility index (Phi) is 3.67. The summed E-state index contributed by atoms with van der Waals surface area (Å²) in [6.45, 7) is 0. The summed E-state index contributed by atoms with van der Waals surface area (Å²) in [5.74, 6) is 0.689. The smallest absolute Gasteiger partial charge is 0.237 e. The number of benzene rings is 2. The highest BCUT2D eigenvalue weighted by atomic mass is 35.5. The lowest BCUT2D eigenvalue weighted by Crippen LogP contribution is -1.90. The monoisotopic (exact) mass is 335 g/mol. The number of hydrogen-bond acceptors (Lipinski definition) is 3. The van der Waals surface area contributed by atoms with Crippen LogP contribution in [0, 0.1) is 0 Å². The average Bonchev–Trinajstić information content (AvgIpc) is 3.14. The van der Waals surface area contributed by atoms with Gasteiger partial charge in [-0.1, -0.05) is 41.9 Å². The van der Waals surface area contributed by atoms with Gasteiger partial charge in [-0.05, 0) is 29.8 Å². The number of para-hydroxylation sites is 1. The second kappa shape index (κ2) is 5.98. The number of H-pyrrole nitrogens is 1. The fraction of sp³-hybridized carbons (Fsp3) is 0.0526. The van der Waals surface area contributed by atoms with Gasteiger partial charge in [-0.2, -0.15) is 4.98 Å². The Hall–Kier alpha value is -2.85. The van der Waals surface area contributed by atoms with Crippen molar-refractivity contribution in [2.75, 3.05) is 0 Å². The highest BCUT2D eigenvalue weighted by Crippen LogP contribution is 2.33. The van der Waals surface area contributed by atoms with Crippen LogP contribution in [0.2, 0.25) is 5.02 Å². The van der Waals surface area contributed by atoms with Crippen molar-refractivity contribution in [3.63, 3.8) is 0 Å². The minimum atomic E-state index is -0.00996. The van der Waals surface area contributed by atoms with E-state index in [2.05, 4.69) is 15.0 Å². The summed E-state index contributed by atoms with van der Waals surface area (Å²) in [6.07, 6.45) is 4.26. The molecule has 2 aromatic carbocycles. The van der Waals surface area contributed by atoms with E-state index >= 15 is 0 Å². The minimum absolute atomic E-state index is 0.00996. The van der Waals surface area contributed by atoms with E-state index in [-0.39, 0.29) is 5.88 Å². The molecular weight excluding hydrogens is 322 g/mol. The van der Waals surface area contributed by atoms with Crippen LogP contribution in [0.5, 0.6) is 5.88 Å². The third-order valence-electron chi connectivity index (χ3n) is 3.90. The Balaban J connectivity index is 1.62. The maximum atomic E-state index is 10.1. The Morgan fingerprint density at radius 2 is 1.88 bits per heavy atom. The second-order valence-electron chi connectivity index (χ2n) is 5.60. The van der Waals surface area contributed by atoms with E-state index in [0.717, 1.165) is 22.4 Å². The molecule has 0 radical (unpaired) electrons. The number of aromatic amines is 1. The Morgan fingerprint density at radius 1 is 1.08 bits per heavy atom. The number of halogens is 1. The lowest BCUT2D eigenvalue weighted by Gasteiger charge is -1.99. The first-order chi connectivity index (χ1) is 11.7. The zero-order valence-electron chi connectivity index (χ0n) is 12.7. The van der Waals surface area contributed by atoms with Crippen molar-refractivity contribution in [2.24, 2.45) is 4.99 Å². The second-order valence-corrected chi connectivity index (χ2v) is 6.04. The van der Waals surface area contributed by atoms with Gasteiger partial charge in [0.15, 0.2) is 0 Å². The third kappa shape index (κ3) is 2.84. The van der Waals surface area contributed by atoms with Gasteiger partial charge in [0.2, 0.25) is 5.88 Å². The van der Waals surface area contributed by atoms with Gasteiger partial charge in [-0.25, -0.2) is 0 Å². The third-order valence-corrected chi connectivity index (χ3v) is 4.16. The van der Waals surface area contributed by atoms with Crippen LogP contribution in [0.3, 0.4) is 0 Å². The summed E-state index contributed by atoms with van der Waals surface area (Å²) >= 11 is 5.90. The van der Waals surface area contributed by atoms with E-state index in [1.807, 2.05) is 54.6 Å². The van der Waals surface area contributed by atoms with Crippen molar-refractivity contribution in [3.8, 4) is 5.88 Å². The molecule has 5 heteroatoms. The highest BCUT2D eigenvalue weighted by Gasteiger charge is 2.14. The van der Waals surface area contributed by atoms with E-state index in [9.17, 15) is 5.11 Å². The molecule has 1 aliphatic rings. The number of aliphatic imine (C=N–C) groups is 1. The molecule has 0 saturated carbocycles. The lowest BCUT2D eigenvalue weighted by atomic mass is 10.1. The molecule has 0 aliphatic carbocycles. The molecule has 0 fully saturated rings. The molecular formula is C19H14ClN3O. The van der Waals surface area contributed by atoms with Gasteiger partial charge in [0.1, 0.15) is 11.5 Å². The molecule has 0 unspecified atom stereocenters. The summed E-state index contributed by atoms with van der Waals surface area (Å²) in [5.41, 5.74) is 4.58. The predicted octanol–water partition coefficient (Wildman–Crippen LogP) is 4.62. The van der Waals surface area contributed by atoms with Gasteiger partial charge in [0, 0.05) is 28.8 Å². The normalized spacial score (nSPS) is 14.3. The quantitative estimate of drug-likeness (QED) is 0.733. The summed E-state index contributed by atoms with van der Waals surface area (Å²) in [7, 11) is 0. The van der Waals surface area contributed by atoms with Gasteiger partial charge in [0.25, 0.3) is 0 Å². The zero-order valence-corrected chi connectivity index (χ0v) is 13.5. The number of rotatable bonds is 3. The molecule has 1 aromatic heterocycles. The molecule has 0 amide bonds. The minimum Gasteiger partial charge on any atom is -0.492 e. The SMILES string of the molecule is Oc1nc(Cc2ccc(Cl)cc2)[nH]c1/C=C1\C=Nc2ccccc21. The highest BCUT2D eigenvalue weighted by molar-refractivity contribution is 6.30. The van der Waals surface area contributed by atoms with Crippen LogP contribution in [0.4, 0.5) is 5.69 Å². The zero-order chi connectivity index (χ0) is 16.5. The molecule has 4 rings (SSSR count). The van der Waals surface area contributed by atoms with Crippen molar-refractivity contribution >= 4 is 35.2 Å². The molecule has 118 valence electrons. The number of aromatic hydroxyl groups is 1. The van der Waals surface area contributed by atoms with Crippen LogP contribution in [-0.4, -0.2) is 21.3 Å². The molecule has 0 bridgehead atoms. The maximum absolute atomic E-state index is 10.1. The van der Waals surface area contributed by atoms with Crippen LogP contribution in [-0.2, 0) is 6.42 Å². The standard InChI is InChI=1S/C19H14ClN3O/c20-14-7-5-12(6-8-14)9-18-22-17(19(24)23-18)10-13-11-21-16-4-2-1-3-15(13)16/h1-8,10-11,24H,9H2,(H,22,23)/b13-10+. The van der Waals surface area contributed by atoms with Crippen molar-refractivity contribution in [2.45, 2.75) is 6.42 Å². The molecule has 0 saturated heterocycles. The number of nitrogens with one attached hydrogen (secondary N) is 1. The molecule has 0 atom stereocenters. The van der Waals surface area contributed by atoms with Crippen molar-refractivity contribution in [1.29, 1.82) is 0 Å². The lowest BCUT2D eigenvalue weighted by molar-refractivity contribution is 0.454. The van der Waals surface area contributed by atoms with E-state index in [4.69, 9.17) is 11.6 Å². The van der Waals surface area contributed by atoms with Crippen LogP contribution in [0.25, 0.3) is 11.6 Å². The maximum Gasteiger partial charge on any atom is 0.237 e. The molecule has 2 heterocycles. The van der Waals surface area contributed by atoms with E-state index in [1.54, 1.807) is 6.21 Å². The molecule has 2 N–H and O–H groups in total. The Bertz CT molecular complexity index is 955. The van der Waals surface area contributed by atoms with Gasteiger partial charge in [0.05, 0.1) is 5.69 Å². The van der Waals surface area contributed by atoms with E-state index in [1.165, 1.54) is 0 Å². The predicted molar refractivity (Wildman–Crippen MR) is 97.0 cm³/mol. The van der Waals surface area contributed by atoms with Crippen LogP contribution in [0.15, 0.2) is 53.5 Å². The topological polar surface area (TPSA) is 61.3 Å². The van der Waals surface area contributed by atoms with E-state index in [0.29, 0.717) is 23.0 Å². The van der Waals surface area contributed by atoms with Gasteiger partial charge < -0.3 is 10.1 Å². The fourth-order valence-corrected chi connectivity index (χ4v) is 2.84. The van der Waals surface area contributed by atoms with Crippen molar-refractivity contribution in [3.05, 3.63) is 76.2 Å². The first-order valence-electron chi connectivity index (χ1n) is 7.56. The van der Waals surface area contributed by atoms with Crippen LogP contribution >= 0.6 is 11.6 Å². The number of nitrogens with zero attached hydrogens (tertiary/aromatic N) is 2. The fourth-order valence-electron chi connectivity index (χ4n) is 2.72. The number of fused-ring (bicyclic) bond motifs is 1. The van der Waals surface area contributed by atoms with Crippen LogP contribution in [0.1, 0.15) is 22.6 Å². The molecule has 1 aliphatic heterocycles. The van der Waals surface area contributed by atoms with E-state index < -0.39 is 0 Å². The molecule has 24 heavy (non-hydrogen) atoms. The summed E-state index contributed by atoms with van der Waals surface area (Å²) in [6, 6.07) is 15.5. The van der Waals surface area contributed by atoms with Crippen molar-refractivity contribution in [1.82, 2.24) is 9.97 Å². The molecule has 0 spiro atoms. The van der Waals surface area contributed by atoms with Crippen molar-refractivity contribution < 1.29 is 5.11 Å². The first-order valence-corrected chi connectivity index (χ1v) is 7.94. The van der Waals surface area contributed by atoms with Gasteiger partial charge in [-0.15, -0.1) is 0 Å². The van der Waals surface area contributed by atoms with Gasteiger partial charge >= 0.3 is 0 Å². The summed E-state index contributed by atoms with van der Waals surface area (Å²) < 4.78 is 0. The molecule has 3 aromatic rings. The summed E-state index contributed by atoms with van der Waals surface area (Å²) in [5, 5.41) is 10.8. The van der Waals surface area contributed by atoms with Gasteiger partial charge in [-0.3, -0.25) is 4.99 Å². The first kappa shape index (κ1) is 14.7. The number of aromatic nitrogens is 2. The van der Waals surface area contributed by atoms with Crippen LogP contribution < -0.4 is 0 Å². The number of imidazole rings is 1. The molecule has 4 nitrogen and oxygen atoms in total. The average molecular weight is 336 g/mol. The number of allylic oxidation sites excluding steroid dienone is 1.